The lowest BCUT2D eigenvalue weighted by Crippen LogP contribution is -2.22. The average molecular weight is 274 g/mol. The standard InChI is InChI=1S/C14H18N4O2/c1-18-12(10-20-13-5-2-3-8-19-13)11(9-17-18)14-15-6-4-7-16-14/h4,6-7,9,13H,2-3,5,8,10H2,1H3. The van der Waals surface area contributed by atoms with Gasteiger partial charge in [0.2, 0.25) is 0 Å². The zero-order chi connectivity index (χ0) is 13.8. The molecule has 6 heteroatoms. The molecular weight excluding hydrogens is 256 g/mol. The van der Waals surface area contributed by atoms with E-state index in [9.17, 15) is 0 Å². The first kappa shape index (κ1) is 13.2. The van der Waals surface area contributed by atoms with Crippen molar-refractivity contribution in [1.82, 2.24) is 19.7 Å². The second-order valence-electron chi connectivity index (χ2n) is 4.81. The van der Waals surface area contributed by atoms with Gasteiger partial charge in [-0.05, 0) is 25.3 Å². The summed E-state index contributed by atoms with van der Waals surface area (Å²) < 4.78 is 13.2. The van der Waals surface area contributed by atoms with E-state index in [-0.39, 0.29) is 6.29 Å². The van der Waals surface area contributed by atoms with Crippen molar-refractivity contribution in [2.24, 2.45) is 7.05 Å². The number of nitrogens with zero attached hydrogens (tertiary/aromatic N) is 4. The lowest BCUT2D eigenvalue weighted by molar-refractivity contribution is -0.169. The molecule has 0 radical (unpaired) electrons. The highest BCUT2D eigenvalue weighted by atomic mass is 16.7. The van der Waals surface area contributed by atoms with E-state index in [0.717, 1.165) is 37.1 Å². The highest BCUT2D eigenvalue weighted by molar-refractivity contribution is 5.56. The normalized spacial score (nSPS) is 19.1. The van der Waals surface area contributed by atoms with E-state index < -0.39 is 0 Å². The molecule has 0 spiro atoms. The number of hydrogen-bond acceptors (Lipinski definition) is 5. The van der Waals surface area contributed by atoms with E-state index in [1.54, 1.807) is 29.3 Å². The molecule has 0 aromatic carbocycles. The van der Waals surface area contributed by atoms with Gasteiger partial charge in [-0.2, -0.15) is 5.10 Å². The SMILES string of the molecule is Cn1ncc(-c2ncccn2)c1COC1CCCCO1. The first-order chi connectivity index (χ1) is 9.84. The van der Waals surface area contributed by atoms with E-state index in [0.29, 0.717) is 12.4 Å². The summed E-state index contributed by atoms with van der Waals surface area (Å²) in [6, 6.07) is 1.80. The lowest BCUT2D eigenvalue weighted by Gasteiger charge is -2.22. The number of aromatic nitrogens is 4. The van der Waals surface area contributed by atoms with Crippen LogP contribution in [-0.4, -0.2) is 32.6 Å². The predicted octanol–water partition coefficient (Wildman–Crippen LogP) is 1.92. The Labute approximate surface area is 117 Å². The van der Waals surface area contributed by atoms with Gasteiger partial charge in [0.05, 0.1) is 24.1 Å². The Morgan fingerprint density at radius 1 is 1.35 bits per heavy atom. The molecule has 0 bridgehead atoms. The molecule has 1 atom stereocenters. The predicted molar refractivity (Wildman–Crippen MR) is 72.6 cm³/mol. The van der Waals surface area contributed by atoms with Crippen molar-refractivity contribution in [2.45, 2.75) is 32.2 Å². The molecule has 1 saturated heterocycles. The number of hydrogen-bond donors (Lipinski definition) is 0. The van der Waals surface area contributed by atoms with Gasteiger partial charge in [0, 0.05) is 26.0 Å². The molecule has 1 fully saturated rings. The molecule has 0 saturated carbocycles. The number of rotatable bonds is 4. The van der Waals surface area contributed by atoms with Gasteiger partial charge in [0.25, 0.3) is 0 Å². The van der Waals surface area contributed by atoms with Crippen molar-refractivity contribution in [2.75, 3.05) is 6.61 Å². The Bertz CT molecular complexity index is 550. The minimum Gasteiger partial charge on any atom is -0.353 e. The molecule has 1 aliphatic heterocycles. The summed E-state index contributed by atoms with van der Waals surface area (Å²) >= 11 is 0. The second kappa shape index (κ2) is 6.11. The minimum absolute atomic E-state index is 0.108. The molecule has 20 heavy (non-hydrogen) atoms. The maximum absolute atomic E-state index is 5.83. The minimum atomic E-state index is -0.108. The van der Waals surface area contributed by atoms with Gasteiger partial charge < -0.3 is 9.47 Å². The molecule has 2 aromatic heterocycles. The second-order valence-corrected chi connectivity index (χ2v) is 4.81. The van der Waals surface area contributed by atoms with Gasteiger partial charge in [0.15, 0.2) is 12.1 Å². The smallest absolute Gasteiger partial charge is 0.162 e. The van der Waals surface area contributed by atoms with Gasteiger partial charge in [-0.3, -0.25) is 4.68 Å². The van der Waals surface area contributed by atoms with Crippen LogP contribution in [0.1, 0.15) is 25.0 Å². The summed E-state index contributed by atoms with van der Waals surface area (Å²) in [5, 5.41) is 4.27. The van der Waals surface area contributed by atoms with E-state index in [2.05, 4.69) is 15.1 Å². The van der Waals surface area contributed by atoms with Crippen LogP contribution in [0.5, 0.6) is 0 Å². The zero-order valence-corrected chi connectivity index (χ0v) is 11.5. The monoisotopic (exact) mass is 274 g/mol. The molecular formula is C14H18N4O2. The Morgan fingerprint density at radius 2 is 2.20 bits per heavy atom. The summed E-state index contributed by atoms with van der Waals surface area (Å²) in [6.45, 7) is 1.24. The van der Waals surface area contributed by atoms with E-state index >= 15 is 0 Å². The van der Waals surface area contributed by atoms with Crippen LogP contribution < -0.4 is 0 Å². The van der Waals surface area contributed by atoms with Gasteiger partial charge in [-0.1, -0.05) is 0 Å². The Morgan fingerprint density at radius 3 is 2.95 bits per heavy atom. The molecule has 0 amide bonds. The van der Waals surface area contributed by atoms with Crippen LogP contribution in [0.25, 0.3) is 11.4 Å². The third-order valence-corrected chi connectivity index (χ3v) is 3.41. The fraction of sp³-hybridized carbons (Fsp3) is 0.500. The maximum atomic E-state index is 5.83. The quantitative estimate of drug-likeness (QED) is 0.852. The summed E-state index contributed by atoms with van der Waals surface area (Å²) in [7, 11) is 1.90. The Balaban J connectivity index is 1.74. The van der Waals surface area contributed by atoms with Crippen molar-refractivity contribution in [1.29, 1.82) is 0 Å². The maximum Gasteiger partial charge on any atom is 0.162 e. The summed E-state index contributed by atoms with van der Waals surface area (Å²) in [6.07, 6.45) is 8.35. The molecule has 2 aromatic rings. The van der Waals surface area contributed by atoms with E-state index in [4.69, 9.17) is 9.47 Å². The Kier molecular flexibility index (Phi) is 4.03. The van der Waals surface area contributed by atoms with Crippen LogP contribution in [0.2, 0.25) is 0 Å². The van der Waals surface area contributed by atoms with Crippen LogP contribution in [-0.2, 0) is 23.1 Å². The van der Waals surface area contributed by atoms with Crippen molar-refractivity contribution in [3.63, 3.8) is 0 Å². The largest absolute Gasteiger partial charge is 0.353 e. The number of ether oxygens (including phenoxy) is 2. The highest BCUT2D eigenvalue weighted by Gasteiger charge is 2.18. The molecule has 6 nitrogen and oxygen atoms in total. The third kappa shape index (κ3) is 2.86. The van der Waals surface area contributed by atoms with Gasteiger partial charge in [0.1, 0.15) is 0 Å². The van der Waals surface area contributed by atoms with Crippen molar-refractivity contribution in [3.8, 4) is 11.4 Å². The van der Waals surface area contributed by atoms with Crippen molar-refractivity contribution in [3.05, 3.63) is 30.4 Å². The van der Waals surface area contributed by atoms with Gasteiger partial charge in [-0.15, -0.1) is 0 Å². The topological polar surface area (TPSA) is 62.1 Å². The summed E-state index contributed by atoms with van der Waals surface area (Å²) in [4.78, 5) is 8.53. The van der Waals surface area contributed by atoms with Gasteiger partial charge >= 0.3 is 0 Å². The van der Waals surface area contributed by atoms with Crippen LogP contribution >= 0.6 is 0 Å². The van der Waals surface area contributed by atoms with Crippen LogP contribution in [0, 0.1) is 0 Å². The molecule has 0 N–H and O–H groups in total. The summed E-state index contributed by atoms with van der Waals surface area (Å²) in [5.41, 5.74) is 1.87. The Hall–Kier alpha value is -1.79. The first-order valence-electron chi connectivity index (χ1n) is 6.86. The molecule has 3 rings (SSSR count). The molecule has 1 unspecified atom stereocenters. The third-order valence-electron chi connectivity index (χ3n) is 3.41. The van der Waals surface area contributed by atoms with Crippen LogP contribution in [0.3, 0.4) is 0 Å². The highest BCUT2D eigenvalue weighted by Crippen LogP contribution is 2.22. The fourth-order valence-electron chi connectivity index (χ4n) is 2.27. The van der Waals surface area contributed by atoms with Gasteiger partial charge in [-0.25, -0.2) is 9.97 Å². The molecule has 106 valence electrons. The van der Waals surface area contributed by atoms with Crippen molar-refractivity contribution < 1.29 is 9.47 Å². The van der Waals surface area contributed by atoms with Crippen molar-refractivity contribution >= 4 is 0 Å². The summed E-state index contributed by atoms with van der Waals surface area (Å²) in [5.74, 6) is 0.670. The number of aryl methyl sites for hydroxylation is 1. The van der Waals surface area contributed by atoms with E-state index in [1.807, 2.05) is 7.05 Å². The van der Waals surface area contributed by atoms with E-state index in [1.165, 1.54) is 0 Å². The molecule has 1 aliphatic rings. The van der Waals surface area contributed by atoms with Crippen LogP contribution in [0.4, 0.5) is 0 Å². The first-order valence-corrected chi connectivity index (χ1v) is 6.86. The molecule has 0 aliphatic carbocycles. The fourth-order valence-corrected chi connectivity index (χ4v) is 2.27. The van der Waals surface area contributed by atoms with Crippen LogP contribution in [0.15, 0.2) is 24.7 Å². The average Bonchev–Trinajstić information content (AvgIpc) is 2.88. The lowest BCUT2D eigenvalue weighted by atomic mass is 10.2. The zero-order valence-electron chi connectivity index (χ0n) is 11.5. The molecule has 3 heterocycles.